The van der Waals surface area contributed by atoms with Gasteiger partial charge in [-0.2, -0.15) is 4.98 Å². The number of anilines is 3. The van der Waals surface area contributed by atoms with Crippen LogP contribution in [0, 0.1) is 6.92 Å². The molecule has 3 aromatic carbocycles. The smallest absolute Gasteiger partial charge is 0.255 e. The van der Waals surface area contributed by atoms with Gasteiger partial charge in [0.05, 0.1) is 14.2 Å². The molecule has 8 nitrogen and oxygen atoms in total. The number of nitrogens with zero attached hydrogens (tertiary/aromatic N) is 2. The van der Waals surface area contributed by atoms with Crippen LogP contribution >= 0.6 is 0 Å². The Balaban J connectivity index is 1.69. The number of hydrogen-bond acceptors (Lipinski definition) is 7. The maximum Gasteiger partial charge on any atom is 0.255 e. The topological polar surface area (TPSA) is 125 Å². The zero-order valence-corrected chi connectivity index (χ0v) is 19.8. The number of carbonyl (C=O) groups is 1. The van der Waals surface area contributed by atoms with Crippen LogP contribution in [0.25, 0.3) is 11.1 Å². The van der Waals surface area contributed by atoms with E-state index >= 15 is 0 Å². The monoisotopic (exact) mass is 469 g/mol. The van der Waals surface area contributed by atoms with E-state index < -0.39 is 0 Å². The Morgan fingerprint density at radius 3 is 2.46 bits per heavy atom. The number of nitrogen functional groups attached to an aromatic ring is 2. The molecule has 4 rings (SSSR count). The number of methoxy groups -OCH3 is 2. The van der Waals surface area contributed by atoms with Gasteiger partial charge in [0, 0.05) is 35.0 Å². The predicted molar refractivity (Wildman–Crippen MR) is 138 cm³/mol. The lowest BCUT2D eigenvalue weighted by Crippen LogP contribution is -2.11. The first-order chi connectivity index (χ1) is 16.9. The molecule has 0 radical (unpaired) electrons. The van der Waals surface area contributed by atoms with Crippen LogP contribution in [0.4, 0.5) is 17.5 Å². The van der Waals surface area contributed by atoms with Gasteiger partial charge in [0.2, 0.25) is 5.95 Å². The van der Waals surface area contributed by atoms with Crippen molar-refractivity contribution in [3.63, 3.8) is 0 Å². The minimum atomic E-state index is -0.181. The van der Waals surface area contributed by atoms with Gasteiger partial charge in [-0.25, -0.2) is 4.98 Å². The minimum absolute atomic E-state index is 0.128. The fourth-order valence-corrected chi connectivity index (χ4v) is 3.80. The molecular weight excluding hydrogens is 442 g/mol. The Labute approximate surface area is 203 Å². The fraction of sp³-hybridized carbons (Fsp3) is 0.148. The average Bonchev–Trinajstić information content (AvgIpc) is 2.85. The number of aryl methyl sites for hydroxylation is 1. The van der Waals surface area contributed by atoms with Crippen LogP contribution < -0.4 is 26.3 Å². The predicted octanol–water partition coefficient (Wildman–Crippen LogP) is 4.48. The van der Waals surface area contributed by atoms with Gasteiger partial charge < -0.3 is 26.3 Å². The zero-order chi connectivity index (χ0) is 24.9. The summed E-state index contributed by atoms with van der Waals surface area (Å²) in [5, 5.41) is 2.97. The molecule has 1 aromatic heterocycles. The highest BCUT2D eigenvalue weighted by atomic mass is 16.5. The highest BCUT2D eigenvalue weighted by Crippen LogP contribution is 2.40. The van der Waals surface area contributed by atoms with Crippen LogP contribution in [-0.2, 0) is 6.42 Å². The number of rotatable bonds is 7. The Morgan fingerprint density at radius 1 is 1.00 bits per heavy atom. The van der Waals surface area contributed by atoms with Crippen molar-refractivity contribution in [3.05, 3.63) is 89.1 Å². The SMILES string of the molecule is COc1cc(Cc2cnc(N)nc2N)cc(-c2cccc(NC(=O)c3ccc(C)cc3)c2)c1OC. The van der Waals surface area contributed by atoms with E-state index in [4.69, 9.17) is 20.9 Å². The first kappa shape index (κ1) is 23.6. The van der Waals surface area contributed by atoms with E-state index in [2.05, 4.69) is 15.3 Å². The third-order valence-corrected chi connectivity index (χ3v) is 5.60. The number of aromatic nitrogens is 2. The summed E-state index contributed by atoms with van der Waals surface area (Å²) in [4.78, 5) is 20.8. The van der Waals surface area contributed by atoms with E-state index in [9.17, 15) is 4.79 Å². The highest BCUT2D eigenvalue weighted by molar-refractivity contribution is 6.04. The fourth-order valence-electron chi connectivity index (χ4n) is 3.80. The van der Waals surface area contributed by atoms with Crippen LogP contribution in [0.2, 0.25) is 0 Å². The molecule has 1 amide bonds. The van der Waals surface area contributed by atoms with Crippen molar-refractivity contribution in [1.82, 2.24) is 9.97 Å². The van der Waals surface area contributed by atoms with E-state index in [1.165, 1.54) is 0 Å². The molecule has 0 bridgehead atoms. The summed E-state index contributed by atoms with van der Waals surface area (Å²) in [6, 6.07) is 18.9. The molecule has 0 aliphatic carbocycles. The van der Waals surface area contributed by atoms with Gasteiger partial charge in [0.25, 0.3) is 5.91 Å². The number of nitrogens with two attached hydrogens (primary N) is 2. The minimum Gasteiger partial charge on any atom is -0.493 e. The highest BCUT2D eigenvalue weighted by Gasteiger charge is 2.16. The van der Waals surface area contributed by atoms with Crippen LogP contribution in [0.1, 0.15) is 27.0 Å². The lowest BCUT2D eigenvalue weighted by atomic mass is 9.97. The standard InChI is InChI=1S/C27H27N5O3/c1-16-7-9-18(10-8-16)26(33)31-21-6-4-5-19(14-21)22-12-17(13-23(34-2)24(22)35-3)11-20-15-30-27(29)32-25(20)28/h4-10,12-15H,11H2,1-3H3,(H,31,33)(H4,28,29,30,32). The lowest BCUT2D eigenvalue weighted by molar-refractivity contribution is 0.102. The largest absolute Gasteiger partial charge is 0.493 e. The summed E-state index contributed by atoms with van der Waals surface area (Å²) >= 11 is 0. The van der Waals surface area contributed by atoms with Crippen molar-refractivity contribution < 1.29 is 14.3 Å². The van der Waals surface area contributed by atoms with Crippen LogP contribution in [0.15, 0.2) is 66.9 Å². The second-order valence-corrected chi connectivity index (χ2v) is 8.10. The van der Waals surface area contributed by atoms with Crippen molar-refractivity contribution in [2.75, 3.05) is 31.0 Å². The maximum atomic E-state index is 12.7. The van der Waals surface area contributed by atoms with Gasteiger partial charge in [-0.3, -0.25) is 4.79 Å². The number of benzene rings is 3. The Morgan fingerprint density at radius 2 is 1.77 bits per heavy atom. The number of hydrogen-bond donors (Lipinski definition) is 3. The third kappa shape index (κ3) is 5.33. The summed E-state index contributed by atoms with van der Waals surface area (Å²) < 4.78 is 11.3. The Kier molecular flexibility index (Phi) is 6.82. The quantitative estimate of drug-likeness (QED) is 0.364. The summed E-state index contributed by atoms with van der Waals surface area (Å²) in [5.41, 5.74) is 17.3. The summed E-state index contributed by atoms with van der Waals surface area (Å²) in [7, 11) is 3.18. The molecule has 0 aliphatic rings. The molecule has 35 heavy (non-hydrogen) atoms. The van der Waals surface area contributed by atoms with Crippen molar-refractivity contribution in [2.24, 2.45) is 0 Å². The second-order valence-electron chi connectivity index (χ2n) is 8.10. The van der Waals surface area contributed by atoms with Crippen LogP contribution in [-0.4, -0.2) is 30.1 Å². The molecule has 4 aromatic rings. The van der Waals surface area contributed by atoms with Crippen molar-refractivity contribution in [1.29, 1.82) is 0 Å². The van der Waals surface area contributed by atoms with Gasteiger partial charge in [-0.15, -0.1) is 0 Å². The van der Waals surface area contributed by atoms with Crippen molar-refractivity contribution in [2.45, 2.75) is 13.3 Å². The average molecular weight is 470 g/mol. The Bertz CT molecular complexity index is 1370. The molecule has 0 fully saturated rings. The van der Waals surface area contributed by atoms with Crippen molar-refractivity contribution >= 4 is 23.4 Å². The second kappa shape index (κ2) is 10.1. The summed E-state index contributed by atoms with van der Waals surface area (Å²) in [6.07, 6.45) is 2.10. The third-order valence-electron chi connectivity index (χ3n) is 5.60. The molecular formula is C27H27N5O3. The number of carbonyl (C=O) groups excluding carboxylic acids is 1. The molecule has 178 valence electrons. The normalized spacial score (nSPS) is 10.6. The van der Waals surface area contributed by atoms with Crippen LogP contribution in [0.5, 0.6) is 11.5 Å². The molecule has 0 atom stereocenters. The van der Waals surface area contributed by atoms with E-state index in [1.807, 2.05) is 55.5 Å². The van der Waals surface area contributed by atoms with Gasteiger partial charge >= 0.3 is 0 Å². The van der Waals surface area contributed by atoms with E-state index in [-0.39, 0.29) is 11.9 Å². The van der Waals surface area contributed by atoms with Gasteiger partial charge in [-0.1, -0.05) is 29.8 Å². The first-order valence-corrected chi connectivity index (χ1v) is 11.0. The van der Waals surface area contributed by atoms with Crippen molar-refractivity contribution in [3.8, 4) is 22.6 Å². The lowest BCUT2D eigenvalue weighted by Gasteiger charge is -2.16. The molecule has 1 heterocycles. The van der Waals surface area contributed by atoms with E-state index in [0.717, 1.165) is 27.8 Å². The van der Waals surface area contributed by atoms with Gasteiger partial charge in [0.15, 0.2) is 11.5 Å². The number of nitrogens with one attached hydrogen (secondary N) is 1. The molecule has 8 heteroatoms. The molecule has 0 saturated heterocycles. The van der Waals surface area contributed by atoms with Crippen LogP contribution in [0.3, 0.4) is 0 Å². The number of amides is 1. The van der Waals surface area contributed by atoms with Gasteiger partial charge in [0.1, 0.15) is 5.82 Å². The first-order valence-electron chi connectivity index (χ1n) is 11.0. The molecule has 0 saturated carbocycles. The molecule has 5 N–H and O–H groups in total. The van der Waals surface area contributed by atoms with Gasteiger partial charge in [-0.05, 0) is 54.4 Å². The summed E-state index contributed by atoms with van der Waals surface area (Å²) in [5.74, 6) is 1.43. The van der Waals surface area contributed by atoms with E-state index in [1.54, 1.807) is 32.5 Å². The molecule has 0 spiro atoms. The van der Waals surface area contributed by atoms with E-state index in [0.29, 0.717) is 35.0 Å². The molecule has 0 unspecified atom stereocenters. The zero-order valence-electron chi connectivity index (χ0n) is 19.8. The maximum absolute atomic E-state index is 12.7. The molecule has 0 aliphatic heterocycles. The Hall–Kier alpha value is -4.59. The summed E-state index contributed by atoms with van der Waals surface area (Å²) in [6.45, 7) is 1.98. The number of ether oxygens (including phenoxy) is 2.